The standard InChI is InChI=1S/C12H14F3NO2/c1-11(16-2,7-10(17)18)8-4-3-5-9(6-8)12(13,14)15/h3-6,16H,7H2,1-2H3,(H,17,18). The smallest absolute Gasteiger partial charge is 0.416 e. The van der Waals surface area contributed by atoms with Crippen molar-refractivity contribution in [3.05, 3.63) is 35.4 Å². The molecular formula is C12H14F3NO2. The highest BCUT2D eigenvalue weighted by Crippen LogP contribution is 2.33. The highest BCUT2D eigenvalue weighted by molar-refractivity contribution is 5.68. The van der Waals surface area contributed by atoms with Gasteiger partial charge in [0.2, 0.25) is 0 Å². The molecule has 3 nitrogen and oxygen atoms in total. The van der Waals surface area contributed by atoms with Crippen molar-refractivity contribution in [1.29, 1.82) is 0 Å². The van der Waals surface area contributed by atoms with Crippen LogP contribution in [0.5, 0.6) is 0 Å². The Kier molecular flexibility index (Phi) is 4.01. The molecule has 0 saturated carbocycles. The zero-order chi connectivity index (χ0) is 14.0. The first-order valence-electron chi connectivity index (χ1n) is 5.27. The first-order valence-corrected chi connectivity index (χ1v) is 5.27. The van der Waals surface area contributed by atoms with Crippen molar-refractivity contribution in [2.75, 3.05) is 7.05 Å². The Morgan fingerprint density at radius 3 is 2.33 bits per heavy atom. The van der Waals surface area contributed by atoms with Crippen LogP contribution in [0.4, 0.5) is 13.2 Å². The summed E-state index contributed by atoms with van der Waals surface area (Å²) in [5.74, 6) is -1.08. The normalized spacial score (nSPS) is 15.2. The molecule has 100 valence electrons. The zero-order valence-corrected chi connectivity index (χ0v) is 10.0. The van der Waals surface area contributed by atoms with Crippen LogP contribution in [0.3, 0.4) is 0 Å². The van der Waals surface area contributed by atoms with Crippen LogP contribution in [0.2, 0.25) is 0 Å². The Morgan fingerprint density at radius 2 is 1.89 bits per heavy atom. The fourth-order valence-corrected chi connectivity index (χ4v) is 1.68. The maximum atomic E-state index is 12.6. The molecule has 0 radical (unpaired) electrons. The molecule has 1 aromatic rings. The van der Waals surface area contributed by atoms with Gasteiger partial charge in [0.15, 0.2) is 0 Å². The molecule has 0 aliphatic rings. The quantitative estimate of drug-likeness (QED) is 0.876. The van der Waals surface area contributed by atoms with E-state index >= 15 is 0 Å². The molecular weight excluding hydrogens is 247 g/mol. The van der Waals surface area contributed by atoms with Crippen molar-refractivity contribution in [3.63, 3.8) is 0 Å². The molecule has 0 aliphatic carbocycles. The predicted octanol–water partition coefficient (Wildman–Crippen LogP) is 2.61. The Balaban J connectivity index is 3.19. The van der Waals surface area contributed by atoms with Gasteiger partial charge in [-0.25, -0.2) is 0 Å². The average molecular weight is 261 g/mol. The molecule has 0 bridgehead atoms. The largest absolute Gasteiger partial charge is 0.481 e. The second kappa shape index (κ2) is 4.97. The highest BCUT2D eigenvalue weighted by Gasteiger charge is 2.33. The molecule has 18 heavy (non-hydrogen) atoms. The molecule has 0 aliphatic heterocycles. The van der Waals surface area contributed by atoms with E-state index in [1.165, 1.54) is 19.2 Å². The number of hydrogen-bond acceptors (Lipinski definition) is 2. The van der Waals surface area contributed by atoms with Gasteiger partial charge in [0.05, 0.1) is 17.5 Å². The van der Waals surface area contributed by atoms with Gasteiger partial charge in [-0.15, -0.1) is 0 Å². The van der Waals surface area contributed by atoms with Gasteiger partial charge in [-0.1, -0.05) is 12.1 Å². The minimum absolute atomic E-state index is 0.294. The Morgan fingerprint density at radius 1 is 1.33 bits per heavy atom. The predicted molar refractivity (Wildman–Crippen MR) is 60.1 cm³/mol. The molecule has 0 spiro atoms. The highest BCUT2D eigenvalue weighted by atomic mass is 19.4. The van der Waals surface area contributed by atoms with Crippen molar-refractivity contribution in [3.8, 4) is 0 Å². The fourth-order valence-electron chi connectivity index (χ4n) is 1.68. The molecule has 0 amide bonds. The summed E-state index contributed by atoms with van der Waals surface area (Å²) in [4.78, 5) is 10.8. The summed E-state index contributed by atoms with van der Waals surface area (Å²) in [6.07, 6.45) is -4.74. The van der Waals surface area contributed by atoms with Crippen LogP contribution in [0.1, 0.15) is 24.5 Å². The second-order valence-corrected chi connectivity index (χ2v) is 4.23. The third-order valence-electron chi connectivity index (χ3n) is 2.88. The maximum absolute atomic E-state index is 12.6. The summed E-state index contributed by atoms with van der Waals surface area (Å²) in [6, 6.07) is 4.68. The van der Waals surface area contributed by atoms with E-state index in [2.05, 4.69) is 5.32 Å². The Labute approximate surface area is 103 Å². The topological polar surface area (TPSA) is 49.3 Å². The Hall–Kier alpha value is -1.56. The zero-order valence-electron chi connectivity index (χ0n) is 10.0. The first kappa shape index (κ1) is 14.5. The third kappa shape index (κ3) is 3.22. The summed E-state index contributed by atoms with van der Waals surface area (Å²) in [6.45, 7) is 1.55. The molecule has 1 aromatic carbocycles. The van der Waals surface area contributed by atoms with E-state index in [0.29, 0.717) is 5.56 Å². The summed E-state index contributed by atoms with van der Waals surface area (Å²) < 4.78 is 37.8. The number of alkyl halides is 3. The summed E-state index contributed by atoms with van der Waals surface area (Å²) in [5, 5.41) is 11.6. The van der Waals surface area contributed by atoms with Gasteiger partial charge in [0, 0.05) is 0 Å². The molecule has 1 atom stereocenters. The molecule has 1 rings (SSSR count). The van der Waals surface area contributed by atoms with E-state index in [-0.39, 0.29) is 6.42 Å². The average Bonchev–Trinajstić information content (AvgIpc) is 2.27. The fraction of sp³-hybridized carbons (Fsp3) is 0.417. The Bertz CT molecular complexity index is 445. The van der Waals surface area contributed by atoms with Gasteiger partial charge in [-0.3, -0.25) is 4.79 Å². The lowest BCUT2D eigenvalue weighted by Gasteiger charge is -2.28. The molecule has 6 heteroatoms. The van der Waals surface area contributed by atoms with Gasteiger partial charge in [-0.2, -0.15) is 13.2 Å². The van der Waals surface area contributed by atoms with E-state index in [1.54, 1.807) is 6.92 Å². The molecule has 0 fully saturated rings. The minimum atomic E-state index is -4.44. The van der Waals surface area contributed by atoms with Crippen molar-refractivity contribution in [2.24, 2.45) is 0 Å². The molecule has 0 saturated heterocycles. The monoisotopic (exact) mass is 261 g/mol. The van der Waals surface area contributed by atoms with Crippen molar-refractivity contribution in [2.45, 2.75) is 25.1 Å². The molecule has 0 aromatic heterocycles. The lowest BCUT2D eigenvalue weighted by atomic mass is 9.88. The molecule has 1 unspecified atom stereocenters. The number of carbonyl (C=O) groups is 1. The molecule has 0 heterocycles. The number of halogens is 3. The van der Waals surface area contributed by atoms with E-state index in [4.69, 9.17) is 5.11 Å². The lowest BCUT2D eigenvalue weighted by molar-refractivity contribution is -0.138. The van der Waals surface area contributed by atoms with Crippen molar-refractivity contribution in [1.82, 2.24) is 5.32 Å². The van der Waals surface area contributed by atoms with Crippen LogP contribution in [-0.4, -0.2) is 18.1 Å². The van der Waals surface area contributed by atoms with Crippen LogP contribution < -0.4 is 5.32 Å². The van der Waals surface area contributed by atoms with Gasteiger partial charge in [0.1, 0.15) is 0 Å². The SMILES string of the molecule is CNC(C)(CC(=O)O)c1cccc(C(F)(F)F)c1. The number of rotatable bonds is 4. The first-order chi connectivity index (χ1) is 8.19. The summed E-state index contributed by atoms with van der Waals surface area (Å²) in [7, 11) is 1.52. The van der Waals surface area contributed by atoms with Gasteiger partial charge >= 0.3 is 12.1 Å². The van der Waals surface area contributed by atoms with Crippen LogP contribution in [-0.2, 0) is 16.5 Å². The second-order valence-electron chi connectivity index (χ2n) is 4.23. The molecule has 2 N–H and O–H groups in total. The van der Waals surface area contributed by atoms with Crippen LogP contribution in [0.25, 0.3) is 0 Å². The van der Waals surface area contributed by atoms with E-state index in [9.17, 15) is 18.0 Å². The number of carboxylic acids is 1. The van der Waals surface area contributed by atoms with E-state index < -0.39 is 23.2 Å². The minimum Gasteiger partial charge on any atom is -0.481 e. The van der Waals surface area contributed by atoms with Crippen LogP contribution in [0.15, 0.2) is 24.3 Å². The summed E-state index contributed by atoms with van der Waals surface area (Å²) in [5.41, 5.74) is -1.53. The lowest BCUT2D eigenvalue weighted by Crippen LogP contribution is -2.39. The number of benzene rings is 1. The van der Waals surface area contributed by atoms with Crippen LogP contribution in [0, 0.1) is 0 Å². The van der Waals surface area contributed by atoms with Crippen LogP contribution >= 0.6 is 0 Å². The number of hydrogen-bond donors (Lipinski definition) is 2. The van der Waals surface area contributed by atoms with E-state index in [0.717, 1.165) is 12.1 Å². The third-order valence-corrected chi connectivity index (χ3v) is 2.88. The van der Waals surface area contributed by atoms with Gasteiger partial charge in [0.25, 0.3) is 0 Å². The number of aliphatic carboxylic acids is 1. The number of carboxylic acid groups (broad SMARTS) is 1. The van der Waals surface area contributed by atoms with Crippen molar-refractivity contribution >= 4 is 5.97 Å². The number of nitrogens with one attached hydrogen (secondary N) is 1. The summed E-state index contributed by atoms with van der Waals surface area (Å²) >= 11 is 0. The van der Waals surface area contributed by atoms with Gasteiger partial charge < -0.3 is 10.4 Å². The van der Waals surface area contributed by atoms with Gasteiger partial charge in [-0.05, 0) is 31.7 Å². The maximum Gasteiger partial charge on any atom is 0.416 e. The van der Waals surface area contributed by atoms with Crippen molar-refractivity contribution < 1.29 is 23.1 Å². The van der Waals surface area contributed by atoms with E-state index in [1.807, 2.05) is 0 Å².